The van der Waals surface area contributed by atoms with Crippen LogP contribution < -0.4 is 0 Å². The minimum atomic E-state index is -0.0568. The van der Waals surface area contributed by atoms with Crippen molar-refractivity contribution in [2.45, 2.75) is 44.9 Å². The van der Waals surface area contributed by atoms with Crippen molar-refractivity contribution in [3.63, 3.8) is 0 Å². The summed E-state index contributed by atoms with van der Waals surface area (Å²) in [7, 11) is 0. The summed E-state index contributed by atoms with van der Waals surface area (Å²) in [6.45, 7) is 1.50. The number of rotatable bonds is 2. The second-order valence-electron chi connectivity index (χ2n) is 4.50. The lowest BCUT2D eigenvalue weighted by atomic mass is 9.83. The van der Waals surface area contributed by atoms with E-state index in [1.807, 2.05) is 6.20 Å². The topological polar surface area (TPSA) is 56.6 Å². The van der Waals surface area contributed by atoms with Crippen molar-refractivity contribution >= 4 is 5.78 Å². The molecule has 1 saturated carbocycles. The summed E-state index contributed by atoms with van der Waals surface area (Å²) in [5.74, 6) is 0.409. The number of nitrogens with one attached hydrogen (secondary N) is 1. The third-order valence-corrected chi connectivity index (χ3v) is 3.42. The van der Waals surface area contributed by atoms with Crippen LogP contribution in [0.15, 0.2) is 6.20 Å². The monoisotopic (exact) mass is 216 g/mol. The minimum Gasteiger partial charge on any atom is -0.357 e. The first-order valence-corrected chi connectivity index (χ1v) is 5.86. The molecule has 3 heteroatoms. The van der Waals surface area contributed by atoms with Crippen LogP contribution >= 0.6 is 0 Å². The number of carbonyl (C=O) groups is 1. The Morgan fingerprint density at radius 3 is 2.69 bits per heavy atom. The normalized spacial score (nSPS) is 17.0. The third-order valence-electron chi connectivity index (χ3n) is 3.42. The number of hydrogen-bond acceptors (Lipinski definition) is 2. The summed E-state index contributed by atoms with van der Waals surface area (Å²) in [4.78, 5) is 14.3. The van der Waals surface area contributed by atoms with Crippen LogP contribution in [0, 0.1) is 11.3 Å². The number of nitriles is 1. The Bertz CT molecular complexity index is 433. The Morgan fingerprint density at radius 2 is 2.12 bits per heavy atom. The van der Waals surface area contributed by atoms with Crippen molar-refractivity contribution in [1.82, 2.24) is 4.98 Å². The maximum atomic E-state index is 11.3. The van der Waals surface area contributed by atoms with Crippen LogP contribution in [0.2, 0.25) is 0 Å². The van der Waals surface area contributed by atoms with Gasteiger partial charge in [0.05, 0.1) is 11.3 Å². The van der Waals surface area contributed by atoms with E-state index in [9.17, 15) is 4.79 Å². The van der Waals surface area contributed by atoms with Gasteiger partial charge in [0.15, 0.2) is 5.78 Å². The van der Waals surface area contributed by atoms with Gasteiger partial charge >= 0.3 is 0 Å². The molecule has 1 aromatic rings. The van der Waals surface area contributed by atoms with Crippen LogP contribution in [-0.4, -0.2) is 10.8 Å². The zero-order valence-electron chi connectivity index (χ0n) is 9.55. The van der Waals surface area contributed by atoms with Crippen LogP contribution in [-0.2, 0) is 0 Å². The molecular weight excluding hydrogens is 200 g/mol. The second kappa shape index (κ2) is 4.52. The molecule has 3 nitrogen and oxygen atoms in total. The van der Waals surface area contributed by atoms with Gasteiger partial charge in [-0.1, -0.05) is 19.3 Å². The van der Waals surface area contributed by atoms with Crippen LogP contribution in [0.3, 0.4) is 0 Å². The van der Waals surface area contributed by atoms with Crippen molar-refractivity contribution in [3.05, 3.63) is 23.0 Å². The number of H-pyrrole nitrogens is 1. The molecule has 2 rings (SSSR count). The molecule has 0 bridgehead atoms. The maximum Gasteiger partial charge on any atom is 0.177 e. The number of ketones is 1. The summed E-state index contributed by atoms with van der Waals surface area (Å²) in [5, 5.41) is 9.15. The molecule has 1 fully saturated rings. The highest BCUT2D eigenvalue weighted by molar-refractivity contribution is 5.95. The number of Topliss-reactive ketones (excluding diaryl/α,β-unsaturated/α-hetero) is 1. The summed E-state index contributed by atoms with van der Waals surface area (Å²) >= 11 is 0. The van der Waals surface area contributed by atoms with Crippen LogP contribution in [0.4, 0.5) is 0 Å². The summed E-state index contributed by atoms with van der Waals surface area (Å²) in [5.41, 5.74) is 2.09. The van der Waals surface area contributed by atoms with Crippen molar-refractivity contribution in [2.75, 3.05) is 0 Å². The Morgan fingerprint density at radius 1 is 1.44 bits per heavy atom. The first-order chi connectivity index (χ1) is 7.74. The standard InChI is InChI=1S/C13H16N2O/c1-9(16)13-11(7-14)12(8-15-13)10-5-3-2-4-6-10/h8,10,15H,2-6H2,1H3. The predicted molar refractivity (Wildman–Crippen MR) is 61.3 cm³/mol. The molecule has 1 aliphatic carbocycles. The molecule has 0 spiro atoms. The third kappa shape index (κ3) is 1.88. The van der Waals surface area contributed by atoms with Crippen LogP contribution in [0.1, 0.15) is 66.6 Å². The van der Waals surface area contributed by atoms with Gasteiger partial charge in [0.2, 0.25) is 0 Å². The number of carbonyl (C=O) groups excluding carboxylic acids is 1. The molecule has 16 heavy (non-hydrogen) atoms. The van der Waals surface area contributed by atoms with E-state index in [0.29, 0.717) is 17.2 Å². The molecule has 1 heterocycles. The van der Waals surface area contributed by atoms with E-state index in [-0.39, 0.29) is 5.78 Å². The van der Waals surface area contributed by atoms with Gasteiger partial charge in [0.25, 0.3) is 0 Å². The first kappa shape index (κ1) is 10.9. The average molecular weight is 216 g/mol. The van der Waals surface area contributed by atoms with E-state index in [0.717, 1.165) is 18.4 Å². The number of aromatic nitrogens is 1. The van der Waals surface area contributed by atoms with E-state index in [1.165, 1.54) is 26.2 Å². The molecule has 0 aliphatic heterocycles. The fourth-order valence-corrected chi connectivity index (χ4v) is 2.57. The minimum absolute atomic E-state index is 0.0568. The van der Waals surface area contributed by atoms with Crippen molar-refractivity contribution in [1.29, 1.82) is 5.26 Å². The SMILES string of the molecule is CC(=O)c1[nH]cc(C2CCCCC2)c1C#N. The van der Waals surface area contributed by atoms with Crippen LogP contribution in [0.5, 0.6) is 0 Å². The molecule has 1 aromatic heterocycles. The number of nitrogens with zero attached hydrogens (tertiary/aromatic N) is 1. The Labute approximate surface area is 95.5 Å². The predicted octanol–water partition coefficient (Wildman–Crippen LogP) is 3.14. The Kier molecular flexibility index (Phi) is 3.09. The van der Waals surface area contributed by atoms with Gasteiger partial charge in [-0.05, 0) is 24.3 Å². The maximum absolute atomic E-state index is 11.3. The van der Waals surface area contributed by atoms with E-state index in [2.05, 4.69) is 11.1 Å². The van der Waals surface area contributed by atoms with Crippen molar-refractivity contribution in [2.24, 2.45) is 0 Å². The average Bonchev–Trinajstić information content (AvgIpc) is 2.73. The Hall–Kier alpha value is -1.56. The van der Waals surface area contributed by atoms with E-state index in [4.69, 9.17) is 5.26 Å². The fourth-order valence-electron chi connectivity index (χ4n) is 2.57. The van der Waals surface area contributed by atoms with E-state index >= 15 is 0 Å². The molecule has 0 aromatic carbocycles. The van der Waals surface area contributed by atoms with Gasteiger partial charge in [-0.2, -0.15) is 5.26 Å². The van der Waals surface area contributed by atoms with Crippen LogP contribution in [0.25, 0.3) is 0 Å². The highest BCUT2D eigenvalue weighted by Gasteiger charge is 2.22. The quantitative estimate of drug-likeness (QED) is 0.772. The largest absolute Gasteiger partial charge is 0.357 e. The van der Waals surface area contributed by atoms with E-state index < -0.39 is 0 Å². The molecule has 0 unspecified atom stereocenters. The summed E-state index contributed by atoms with van der Waals surface area (Å²) in [6, 6.07) is 2.17. The molecule has 0 atom stereocenters. The number of hydrogen-bond donors (Lipinski definition) is 1. The molecular formula is C13H16N2O. The lowest BCUT2D eigenvalue weighted by Gasteiger charge is -2.20. The van der Waals surface area contributed by atoms with Gasteiger partial charge in [0.1, 0.15) is 6.07 Å². The van der Waals surface area contributed by atoms with Crippen molar-refractivity contribution < 1.29 is 4.79 Å². The van der Waals surface area contributed by atoms with Gasteiger partial charge in [0, 0.05) is 13.1 Å². The molecule has 0 saturated heterocycles. The zero-order valence-corrected chi connectivity index (χ0v) is 9.55. The molecule has 1 N–H and O–H groups in total. The molecule has 84 valence electrons. The zero-order chi connectivity index (χ0) is 11.5. The summed E-state index contributed by atoms with van der Waals surface area (Å²) < 4.78 is 0. The molecule has 0 radical (unpaired) electrons. The first-order valence-electron chi connectivity index (χ1n) is 5.86. The molecule has 0 amide bonds. The highest BCUT2D eigenvalue weighted by Crippen LogP contribution is 2.35. The second-order valence-corrected chi connectivity index (χ2v) is 4.50. The molecule has 1 aliphatic rings. The van der Waals surface area contributed by atoms with Gasteiger partial charge in [-0.15, -0.1) is 0 Å². The lowest BCUT2D eigenvalue weighted by molar-refractivity contribution is 0.101. The Balaban J connectivity index is 2.34. The smallest absolute Gasteiger partial charge is 0.177 e. The van der Waals surface area contributed by atoms with Gasteiger partial charge in [-0.3, -0.25) is 4.79 Å². The highest BCUT2D eigenvalue weighted by atomic mass is 16.1. The summed E-state index contributed by atoms with van der Waals surface area (Å²) in [6.07, 6.45) is 7.90. The fraction of sp³-hybridized carbons (Fsp3) is 0.538. The lowest BCUT2D eigenvalue weighted by Crippen LogP contribution is -2.05. The van der Waals surface area contributed by atoms with E-state index in [1.54, 1.807) is 0 Å². The van der Waals surface area contributed by atoms with Crippen molar-refractivity contribution in [3.8, 4) is 6.07 Å². The number of aromatic amines is 1. The van der Waals surface area contributed by atoms with Gasteiger partial charge in [-0.25, -0.2) is 0 Å². The van der Waals surface area contributed by atoms with Gasteiger partial charge < -0.3 is 4.98 Å².